The molecule has 114 valence electrons. The van der Waals surface area contributed by atoms with Crippen molar-refractivity contribution in [3.8, 4) is 5.75 Å². The number of piperazine rings is 1. The summed E-state index contributed by atoms with van der Waals surface area (Å²) < 4.78 is 0. The maximum absolute atomic E-state index is 11.0. The number of hydrogen-bond acceptors (Lipinski definition) is 5. The lowest BCUT2D eigenvalue weighted by Gasteiger charge is -2.35. The lowest BCUT2D eigenvalue weighted by atomic mass is 9.98. The van der Waals surface area contributed by atoms with Gasteiger partial charge < -0.3 is 10.4 Å². The minimum Gasteiger partial charge on any atom is -0.502 e. The Morgan fingerprint density at radius 2 is 2.10 bits per heavy atom. The number of nitro benzene ring substituents is 1. The van der Waals surface area contributed by atoms with E-state index in [2.05, 4.69) is 10.2 Å². The van der Waals surface area contributed by atoms with Crippen LogP contribution in [0, 0.1) is 16.0 Å². The van der Waals surface area contributed by atoms with Gasteiger partial charge in [0.2, 0.25) is 0 Å². The van der Waals surface area contributed by atoms with Gasteiger partial charge >= 0.3 is 5.69 Å². The first kappa shape index (κ1) is 14.3. The smallest absolute Gasteiger partial charge is 0.311 e. The summed E-state index contributed by atoms with van der Waals surface area (Å²) in [6.45, 7) is 3.85. The number of hydrogen-bond donors (Lipinski definition) is 2. The summed E-state index contributed by atoms with van der Waals surface area (Å²) >= 11 is 0. The average Bonchev–Trinajstić information content (AvgIpc) is 3.30. The van der Waals surface area contributed by atoms with Crippen LogP contribution in [-0.2, 0) is 0 Å². The van der Waals surface area contributed by atoms with E-state index in [4.69, 9.17) is 0 Å². The van der Waals surface area contributed by atoms with Crippen LogP contribution in [0.5, 0.6) is 5.75 Å². The van der Waals surface area contributed by atoms with E-state index in [1.54, 1.807) is 6.07 Å². The van der Waals surface area contributed by atoms with Crippen molar-refractivity contribution in [2.24, 2.45) is 5.92 Å². The van der Waals surface area contributed by atoms with Crippen LogP contribution in [-0.4, -0.2) is 41.1 Å². The summed E-state index contributed by atoms with van der Waals surface area (Å²) in [6.07, 6.45) is 3.59. The fourth-order valence-electron chi connectivity index (χ4n) is 3.05. The number of rotatable bonds is 5. The Morgan fingerprint density at radius 1 is 1.38 bits per heavy atom. The average molecular weight is 291 g/mol. The number of phenols is 1. The Morgan fingerprint density at radius 3 is 2.71 bits per heavy atom. The third kappa shape index (κ3) is 3.33. The summed E-state index contributed by atoms with van der Waals surface area (Å²) in [7, 11) is 0. The zero-order valence-corrected chi connectivity index (χ0v) is 12.0. The van der Waals surface area contributed by atoms with Gasteiger partial charge in [-0.3, -0.25) is 15.0 Å². The van der Waals surface area contributed by atoms with Gasteiger partial charge in [-0.1, -0.05) is 18.9 Å². The third-order valence-corrected chi connectivity index (χ3v) is 4.43. The Kier molecular flexibility index (Phi) is 4.07. The largest absolute Gasteiger partial charge is 0.502 e. The Bertz CT molecular complexity index is 525. The molecule has 1 saturated heterocycles. The number of nitrogens with zero attached hydrogens (tertiary/aromatic N) is 2. The first-order valence-corrected chi connectivity index (χ1v) is 7.57. The van der Waals surface area contributed by atoms with Crippen molar-refractivity contribution in [2.75, 3.05) is 26.2 Å². The van der Waals surface area contributed by atoms with Gasteiger partial charge in [-0.05, 0) is 24.0 Å². The van der Waals surface area contributed by atoms with Crippen LogP contribution < -0.4 is 5.32 Å². The first-order chi connectivity index (χ1) is 10.1. The molecule has 1 saturated carbocycles. The highest BCUT2D eigenvalue weighted by atomic mass is 16.6. The molecule has 1 aromatic carbocycles. The zero-order valence-electron chi connectivity index (χ0n) is 12.0. The highest BCUT2D eigenvalue weighted by Crippen LogP contribution is 2.41. The van der Waals surface area contributed by atoms with E-state index in [-0.39, 0.29) is 17.5 Å². The molecule has 6 nitrogen and oxygen atoms in total. The number of aromatic hydroxyl groups is 1. The first-order valence-electron chi connectivity index (χ1n) is 7.57. The number of nitro groups is 1. The quantitative estimate of drug-likeness (QED) is 0.641. The minimum absolute atomic E-state index is 0.191. The molecular weight excluding hydrogens is 270 g/mol. The van der Waals surface area contributed by atoms with Crippen molar-refractivity contribution in [3.63, 3.8) is 0 Å². The van der Waals surface area contributed by atoms with Gasteiger partial charge in [0, 0.05) is 38.3 Å². The van der Waals surface area contributed by atoms with E-state index in [1.807, 2.05) is 6.07 Å². The molecule has 0 unspecified atom stereocenters. The fourth-order valence-corrected chi connectivity index (χ4v) is 3.05. The van der Waals surface area contributed by atoms with Crippen LogP contribution in [0.15, 0.2) is 18.2 Å². The van der Waals surface area contributed by atoms with Crippen LogP contribution in [0.3, 0.4) is 0 Å². The second-order valence-corrected chi connectivity index (χ2v) is 5.99. The van der Waals surface area contributed by atoms with Crippen LogP contribution in [0.4, 0.5) is 5.69 Å². The predicted molar refractivity (Wildman–Crippen MR) is 79.3 cm³/mol. The lowest BCUT2D eigenvalue weighted by molar-refractivity contribution is -0.386. The molecule has 0 aromatic heterocycles. The van der Waals surface area contributed by atoms with E-state index in [0.29, 0.717) is 0 Å². The van der Waals surface area contributed by atoms with Crippen LogP contribution in [0.1, 0.15) is 30.9 Å². The lowest BCUT2D eigenvalue weighted by Crippen LogP contribution is -2.45. The third-order valence-electron chi connectivity index (χ3n) is 4.43. The van der Waals surface area contributed by atoms with E-state index in [0.717, 1.165) is 44.1 Å². The number of phenolic OH excluding ortho intramolecular Hbond substituents is 1. The maximum atomic E-state index is 11.0. The monoisotopic (exact) mass is 291 g/mol. The highest BCUT2D eigenvalue weighted by molar-refractivity contribution is 5.48. The molecule has 1 atom stereocenters. The minimum atomic E-state index is -0.509. The summed E-state index contributed by atoms with van der Waals surface area (Å²) in [5.74, 6) is 0.493. The Hall–Kier alpha value is -1.66. The van der Waals surface area contributed by atoms with Crippen molar-refractivity contribution in [3.05, 3.63) is 33.9 Å². The summed E-state index contributed by atoms with van der Waals surface area (Å²) in [4.78, 5) is 12.9. The van der Waals surface area contributed by atoms with Crippen molar-refractivity contribution >= 4 is 5.69 Å². The fraction of sp³-hybridized carbons (Fsp3) is 0.600. The second-order valence-electron chi connectivity index (χ2n) is 5.99. The van der Waals surface area contributed by atoms with Gasteiger partial charge in [0.15, 0.2) is 5.75 Å². The Balaban J connectivity index is 1.87. The molecule has 21 heavy (non-hydrogen) atoms. The van der Waals surface area contributed by atoms with Crippen LogP contribution in [0.2, 0.25) is 0 Å². The second kappa shape index (κ2) is 5.99. The maximum Gasteiger partial charge on any atom is 0.311 e. The van der Waals surface area contributed by atoms with Crippen molar-refractivity contribution < 1.29 is 10.0 Å². The van der Waals surface area contributed by atoms with E-state index in [9.17, 15) is 15.2 Å². The molecule has 2 fully saturated rings. The van der Waals surface area contributed by atoms with Gasteiger partial charge in [-0.15, -0.1) is 0 Å². The molecule has 0 bridgehead atoms. The Labute approximate surface area is 123 Å². The normalized spacial score (nSPS) is 21.1. The molecule has 3 rings (SSSR count). The number of benzene rings is 1. The molecule has 2 N–H and O–H groups in total. The topological polar surface area (TPSA) is 78.6 Å². The van der Waals surface area contributed by atoms with Crippen LogP contribution >= 0.6 is 0 Å². The van der Waals surface area contributed by atoms with Crippen LogP contribution in [0.25, 0.3) is 0 Å². The summed E-state index contributed by atoms with van der Waals surface area (Å²) in [5.41, 5.74) is 0.761. The van der Waals surface area contributed by atoms with E-state index >= 15 is 0 Å². The van der Waals surface area contributed by atoms with E-state index in [1.165, 1.54) is 18.9 Å². The summed E-state index contributed by atoms with van der Waals surface area (Å²) in [5, 5.41) is 24.0. The summed E-state index contributed by atoms with van der Waals surface area (Å²) in [6, 6.07) is 5.05. The van der Waals surface area contributed by atoms with Gasteiger partial charge in [0.05, 0.1) is 4.92 Å². The van der Waals surface area contributed by atoms with E-state index < -0.39 is 4.92 Å². The molecule has 1 aromatic rings. The molecular formula is C15H21N3O3. The molecule has 1 aliphatic heterocycles. The SMILES string of the molecule is O=[N+]([O-])c1cc([C@H](CC2CC2)N2CCNCC2)ccc1O. The predicted octanol–water partition coefficient (Wildman–Crippen LogP) is 2.05. The van der Waals surface area contributed by atoms with Crippen molar-refractivity contribution in [2.45, 2.75) is 25.3 Å². The molecule has 0 amide bonds. The van der Waals surface area contributed by atoms with Crippen molar-refractivity contribution in [1.82, 2.24) is 10.2 Å². The molecule has 1 heterocycles. The number of nitrogens with one attached hydrogen (secondary N) is 1. The van der Waals surface area contributed by atoms with Gasteiger partial charge in [0.1, 0.15) is 0 Å². The highest BCUT2D eigenvalue weighted by Gasteiger charge is 2.31. The van der Waals surface area contributed by atoms with Gasteiger partial charge in [0.25, 0.3) is 0 Å². The standard InChI is InChI=1S/C15H21N3O3/c19-15-4-3-12(10-14(15)18(20)21)13(9-11-1-2-11)17-7-5-16-6-8-17/h3-4,10-11,13,16,19H,1-2,5-9H2/t13-/m0/s1. The van der Waals surface area contributed by atoms with Gasteiger partial charge in [-0.25, -0.2) is 0 Å². The molecule has 0 radical (unpaired) electrons. The molecule has 2 aliphatic rings. The molecule has 6 heteroatoms. The molecule has 1 aliphatic carbocycles. The zero-order chi connectivity index (χ0) is 14.8. The molecule has 0 spiro atoms. The van der Waals surface area contributed by atoms with Gasteiger partial charge in [-0.2, -0.15) is 0 Å². The van der Waals surface area contributed by atoms with Crippen molar-refractivity contribution in [1.29, 1.82) is 0 Å².